The molecule has 0 bridgehead atoms. The van der Waals surface area contributed by atoms with E-state index < -0.39 is 156 Å². The molecular formula is C43H22BF20NO4. The molecule has 1 heterocycles. The number of allylic oxidation sites excluding steroid dienone is 1. The number of rotatable bonds is 9. The van der Waals surface area contributed by atoms with Gasteiger partial charge < -0.3 is 9.47 Å². The second-order valence-corrected chi connectivity index (χ2v) is 14.6. The van der Waals surface area contributed by atoms with E-state index in [4.69, 9.17) is 9.47 Å². The van der Waals surface area contributed by atoms with Crippen molar-refractivity contribution in [3.05, 3.63) is 170 Å². The van der Waals surface area contributed by atoms with Crippen molar-refractivity contribution >= 4 is 50.7 Å². The summed E-state index contributed by atoms with van der Waals surface area (Å²) >= 11 is 0. The molecular weight excluding hydrogens is 985 g/mol. The molecule has 0 unspecified atom stereocenters. The largest absolute Gasteiger partial charge is 0.465 e. The fourth-order valence-corrected chi connectivity index (χ4v) is 7.45. The van der Waals surface area contributed by atoms with Crippen molar-refractivity contribution in [2.24, 2.45) is 5.92 Å². The number of carbonyl (C=O) groups excluding carboxylic acids is 2. The molecule has 26 heteroatoms. The standard InChI is InChI=1S/C24BF20.C19H22NO4/c26-5-1(6(27)14(35)21(42)13(5)34)25(2-7(28)15(36)22(43)16(37)8(2)29,3-9(30)17(38)23(44)18(39)10(3)31)4-11(32)19(40)24(45)20(41)12(4)33;1-13(2)16(17(18(21)23-3)19(22)24-4)12-20-10-9-14-7-5-6-8-15(14)11-20/h;5-11,13H,12H2,1-4H3/q-1;+1. The van der Waals surface area contributed by atoms with Crippen LogP contribution in [-0.2, 0) is 25.6 Å². The summed E-state index contributed by atoms with van der Waals surface area (Å²) in [5.74, 6) is -72.8. The number of esters is 2. The Labute approximate surface area is 372 Å². The highest BCUT2D eigenvalue weighted by molar-refractivity contribution is 7.20. The Balaban J connectivity index is 0.000000311. The SMILES string of the molecule is COC(=O)C(C(=O)OC)=C(C[n+]1ccc2ccccc2c1)C(C)C.Fc1c(F)c(F)c([B-](c2c(F)c(F)c(F)c(F)c2F)(c2c(F)c(F)c(F)c(F)c2F)c2c(F)c(F)c(F)c(F)c2F)c(F)c1F. The van der Waals surface area contributed by atoms with E-state index in [9.17, 15) is 62.3 Å². The van der Waals surface area contributed by atoms with Crippen LogP contribution in [0.1, 0.15) is 13.8 Å². The summed E-state index contributed by atoms with van der Waals surface area (Å²) in [6.07, 6.45) is -3.30. The van der Waals surface area contributed by atoms with Crippen LogP contribution in [-0.4, -0.2) is 32.3 Å². The van der Waals surface area contributed by atoms with E-state index >= 15 is 35.1 Å². The number of carbonyl (C=O) groups is 2. The zero-order valence-corrected chi connectivity index (χ0v) is 34.5. The molecule has 1 aromatic heterocycles. The van der Waals surface area contributed by atoms with Crippen molar-refractivity contribution in [1.29, 1.82) is 0 Å². The highest BCUT2D eigenvalue weighted by Crippen LogP contribution is 2.31. The summed E-state index contributed by atoms with van der Waals surface area (Å²) in [6, 6.07) is 10.0. The number of hydrogen-bond acceptors (Lipinski definition) is 4. The van der Waals surface area contributed by atoms with E-state index in [1.54, 1.807) is 0 Å². The van der Waals surface area contributed by atoms with Gasteiger partial charge in [0.15, 0.2) is 94.3 Å². The molecule has 0 amide bonds. The first-order valence-electron chi connectivity index (χ1n) is 18.7. The van der Waals surface area contributed by atoms with Gasteiger partial charge in [-0.15, -0.1) is 21.9 Å². The average Bonchev–Trinajstić information content (AvgIpc) is 3.33. The first-order chi connectivity index (χ1) is 32.2. The molecule has 5 nitrogen and oxygen atoms in total. The van der Waals surface area contributed by atoms with Gasteiger partial charge in [0, 0.05) is 17.0 Å². The molecule has 0 fully saturated rings. The van der Waals surface area contributed by atoms with E-state index in [1.165, 1.54) is 14.2 Å². The highest BCUT2D eigenvalue weighted by atomic mass is 19.2. The van der Waals surface area contributed by atoms with Crippen LogP contribution in [0.4, 0.5) is 87.8 Å². The predicted molar refractivity (Wildman–Crippen MR) is 199 cm³/mol. The number of ether oxygens (including phenoxy) is 2. The van der Waals surface area contributed by atoms with E-state index in [-0.39, 0.29) is 11.5 Å². The van der Waals surface area contributed by atoms with Gasteiger partial charge in [-0.1, -0.05) is 32.0 Å². The zero-order valence-electron chi connectivity index (χ0n) is 34.5. The van der Waals surface area contributed by atoms with Crippen LogP contribution >= 0.6 is 0 Å². The Bertz CT molecular complexity index is 2740. The first-order valence-corrected chi connectivity index (χ1v) is 18.7. The molecule has 0 aliphatic rings. The molecule has 0 saturated carbocycles. The Morgan fingerprint density at radius 3 is 0.957 bits per heavy atom. The maximum atomic E-state index is 15.4. The number of pyridine rings is 1. The minimum atomic E-state index is -7.22. The zero-order chi connectivity index (χ0) is 52.0. The van der Waals surface area contributed by atoms with Crippen LogP contribution in [0.3, 0.4) is 0 Å². The van der Waals surface area contributed by atoms with Crippen molar-refractivity contribution in [2.45, 2.75) is 20.4 Å². The van der Waals surface area contributed by atoms with E-state index in [0.717, 1.165) is 10.8 Å². The van der Waals surface area contributed by atoms with Crippen LogP contribution in [0.2, 0.25) is 0 Å². The molecule has 0 atom stereocenters. The lowest BCUT2D eigenvalue weighted by atomic mass is 9.12. The first kappa shape index (κ1) is 52.8. The molecule has 0 aliphatic heterocycles. The van der Waals surface area contributed by atoms with Gasteiger partial charge in [0.05, 0.1) is 14.2 Å². The van der Waals surface area contributed by atoms with Crippen molar-refractivity contribution < 1.29 is 111 Å². The Hall–Kier alpha value is -7.15. The van der Waals surface area contributed by atoms with Gasteiger partial charge in [0.1, 0.15) is 52.7 Å². The highest BCUT2D eigenvalue weighted by Gasteiger charge is 2.52. The van der Waals surface area contributed by atoms with Crippen molar-refractivity contribution in [2.75, 3.05) is 14.2 Å². The summed E-state index contributed by atoms with van der Waals surface area (Å²) in [7, 11) is 2.51. The van der Waals surface area contributed by atoms with Gasteiger partial charge in [-0.05, 0) is 17.4 Å². The summed E-state index contributed by atoms with van der Waals surface area (Å²) in [5, 5.41) is 2.21. The number of hydrogen-bond donors (Lipinski definition) is 0. The summed E-state index contributed by atoms with van der Waals surface area (Å²) < 4.78 is 305. The lowest BCUT2D eigenvalue weighted by molar-refractivity contribution is -0.688. The van der Waals surface area contributed by atoms with Gasteiger partial charge in [0.25, 0.3) is 0 Å². The maximum Gasteiger partial charge on any atom is 0.345 e. The lowest BCUT2D eigenvalue weighted by Crippen LogP contribution is -2.81. The minimum Gasteiger partial charge on any atom is -0.465 e. The lowest BCUT2D eigenvalue weighted by Gasteiger charge is -2.44. The smallest absolute Gasteiger partial charge is 0.345 e. The van der Waals surface area contributed by atoms with Gasteiger partial charge >= 0.3 is 11.9 Å². The molecule has 366 valence electrons. The number of methoxy groups -OCH3 is 2. The van der Waals surface area contributed by atoms with Crippen molar-refractivity contribution in [3.8, 4) is 0 Å². The topological polar surface area (TPSA) is 56.5 Å². The molecule has 0 radical (unpaired) electrons. The summed E-state index contributed by atoms with van der Waals surface area (Å²) in [5.41, 5.74) is -13.7. The number of fused-ring (bicyclic) bond motifs is 1. The van der Waals surface area contributed by atoms with Crippen LogP contribution in [0.25, 0.3) is 10.8 Å². The normalized spacial score (nSPS) is 11.5. The van der Waals surface area contributed by atoms with E-state index in [2.05, 4.69) is 0 Å². The average molecular weight is 1010 g/mol. The second kappa shape index (κ2) is 19.8. The Kier molecular flexibility index (Phi) is 15.2. The molecule has 6 rings (SSSR count). The summed E-state index contributed by atoms with van der Waals surface area (Å²) in [4.78, 5) is 24.1. The number of nitrogens with zero attached hydrogens (tertiary/aromatic N) is 1. The van der Waals surface area contributed by atoms with Crippen molar-refractivity contribution in [1.82, 2.24) is 0 Å². The van der Waals surface area contributed by atoms with E-state index in [1.807, 2.05) is 61.1 Å². The van der Waals surface area contributed by atoms with Crippen LogP contribution < -0.4 is 26.4 Å². The predicted octanol–water partition coefficient (Wildman–Crippen LogP) is 8.27. The van der Waals surface area contributed by atoms with Crippen LogP contribution in [0, 0.1) is 122 Å². The molecule has 0 aliphatic carbocycles. The maximum absolute atomic E-state index is 15.4. The number of aromatic nitrogens is 1. The molecule has 5 aromatic carbocycles. The van der Waals surface area contributed by atoms with Gasteiger partial charge in [0.2, 0.25) is 0 Å². The van der Waals surface area contributed by atoms with Gasteiger partial charge in [-0.3, -0.25) is 0 Å². The molecule has 69 heavy (non-hydrogen) atoms. The van der Waals surface area contributed by atoms with Crippen LogP contribution in [0.15, 0.2) is 53.9 Å². The molecule has 6 aromatic rings. The quantitative estimate of drug-likeness (QED) is 0.0169. The molecule has 0 N–H and O–H groups in total. The van der Waals surface area contributed by atoms with Gasteiger partial charge in [-0.2, -0.15) is 0 Å². The van der Waals surface area contributed by atoms with Gasteiger partial charge in [-0.25, -0.2) is 102 Å². The Morgan fingerprint density at radius 1 is 0.435 bits per heavy atom. The Morgan fingerprint density at radius 2 is 0.696 bits per heavy atom. The molecule has 0 saturated heterocycles. The molecule has 0 spiro atoms. The number of halogens is 20. The van der Waals surface area contributed by atoms with Crippen LogP contribution in [0.5, 0.6) is 0 Å². The second-order valence-electron chi connectivity index (χ2n) is 14.6. The summed E-state index contributed by atoms with van der Waals surface area (Å²) in [6.45, 7) is 4.27. The third-order valence-corrected chi connectivity index (χ3v) is 10.6. The number of benzene rings is 5. The third kappa shape index (κ3) is 8.57. The monoisotopic (exact) mass is 1010 g/mol. The third-order valence-electron chi connectivity index (χ3n) is 10.6. The fraction of sp³-hybridized carbons (Fsp3) is 0.140. The minimum absolute atomic E-state index is 0.0165. The van der Waals surface area contributed by atoms with E-state index in [0.29, 0.717) is 12.1 Å². The van der Waals surface area contributed by atoms with Crippen molar-refractivity contribution in [3.63, 3.8) is 0 Å². The fourth-order valence-electron chi connectivity index (χ4n) is 7.45.